The molecule has 0 aromatic heterocycles. The van der Waals surface area contributed by atoms with Crippen molar-refractivity contribution in [3.8, 4) is 11.5 Å². The Labute approximate surface area is 185 Å². The fourth-order valence-electron chi connectivity index (χ4n) is 2.68. The van der Waals surface area contributed by atoms with Crippen LogP contribution in [0.4, 0.5) is 11.4 Å². The van der Waals surface area contributed by atoms with Crippen LogP contribution in [0.25, 0.3) is 0 Å². The van der Waals surface area contributed by atoms with E-state index < -0.39 is 21.8 Å². The Morgan fingerprint density at radius 1 is 0.906 bits per heavy atom. The molecular weight excluding hydrogens is 434 g/mol. The van der Waals surface area contributed by atoms with Crippen molar-refractivity contribution in [1.82, 2.24) is 0 Å². The first kappa shape index (κ1) is 22.6. The summed E-state index contributed by atoms with van der Waals surface area (Å²) >= 11 is 0. The van der Waals surface area contributed by atoms with Gasteiger partial charge in [0.15, 0.2) is 6.61 Å². The van der Waals surface area contributed by atoms with E-state index in [0.717, 1.165) is 0 Å². The van der Waals surface area contributed by atoms with Crippen LogP contribution in [0.1, 0.15) is 10.4 Å². The Balaban J connectivity index is 1.56. The third kappa shape index (κ3) is 5.99. The summed E-state index contributed by atoms with van der Waals surface area (Å²) in [6, 6.07) is 18.3. The molecule has 166 valence electrons. The first-order valence-electron chi connectivity index (χ1n) is 9.36. The van der Waals surface area contributed by atoms with Gasteiger partial charge in [-0.2, -0.15) is 0 Å². The van der Waals surface area contributed by atoms with Crippen molar-refractivity contribution in [2.45, 2.75) is 4.90 Å². The number of carbonyl (C=O) groups excluding carboxylic acids is 2. The molecule has 0 aliphatic rings. The monoisotopic (exact) mass is 455 g/mol. The van der Waals surface area contributed by atoms with E-state index in [1.807, 2.05) is 0 Å². The summed E-state index contributed by atoms with van der Waals surface area (Å²) in [6.07, 6.45) is 0. The van der Waals surface area contributed by atoms with Crippen molar-refractivity contribution < 1.29 is 27.5 Å². The number of hydrogen-bond acceptors (Lipinski definition) is 6. The molecule has 9 nitrogen and oxygen atoms in total. The maximum absolute atomic E-state index is 12.6. The summed E-state index contributed by atoms with van der Waals surface area (Å²) in [5, 5.41) is 2.62. The number of nitrogens with two attached hydrogens (primary N) is 1. The van der Waals surface area contributed by atoms with E-state index in [4.69, 9.17) is 15.2 Å². The van der Waals surface area contributed by atoms with E-state index >= 15 is 0 Å². The van der Waals surface area contributed by atoms with Crippen molar-refractivity contribution in [3.63, 3.8) is 0 Å². The number of methoxy groups -OCH3 is 1. The summed E-state index contributed by atoms with van der Waals surface area (Å²) in [4.78, 5) is 23.1. The Kier molecular flexibility index (Phi) is 6.96. The van der Waals surface area contributed by atoms with Crippen LogP contribution in [-0.4, -0.2) is 33.9 Å². The van der Waals surface area contributed by atoms with Gasteiger partial charge in [0.05, 0.1) is 17.7 Å². The van der Waals surface area contributed by atoms with Gasteiger partial charge >= 0.3 is 0 Å². The van der Waals surface area contributed by atoms with Gasteiger partial charge in [-0.1, -0.05) is 6.07 Å². The van der Waals surface area contributed by atoms with Crippen LogP contribution in [0.3, 0.4) is 0 Å². The molecule has 0 unspecified atom stereocenters. The third-order valence-corrected chi connectivity index (χ3v) is 5.68. The van der Waals surface area contributed by atoms with Gasteiger partial charge in [-0.15, -0.1) is 0 Å². The first-order chi connectivity index (χ1) is 15.3. The molecule has 10 heteroatoms. The molecule has 0 fully saturated rings. The number of sulfonamides is 1. The second kappa shape index (κ2) is 9.84. The molecule has 0 aliphatic carbocycles. The lowest BCUT2D eigenvalue weighted by molar-refractivity contribution is -0.118. The molecule has 3 rings (SSSR count). The number of nitrogens with one attached hydrogen (secondary N) is 2. The highest BCUT2D eigenvalue weighted by Crippen LogP contribution is 2.22. The van der Waals surface area contributed by atoms with Gasteiger partial charge < -0.3 is 20.5 Å². The number of hydrogen-bond donors (Lipinski definition) is 3. The van der Waals surface area contributed by atoms with Gasteiger partial charge in [0.2, 0.25) is 5.91 Å². The Bertz CT molecular complexity index is 1210. The highest BCUT2D eigenvalue weighted by atomic mass is 32.2. The van der Waals surface area contributed by atoms with Gasteiger partial charge in [-0.25, -0.2) is 8.42 Å². The molecule has 32 heavy (non-hydrogen) atoms. The average Bonchev–Trinajstić information content (AvgIpc) is 2.78. The normalized spacial score (nSPS) is 10.8. The van der Waals surface area contributed by atoms with Crippen LogP contribution in [-0.2, 0) is 14.8 Å². The summed E-state index contributed by atoms with van der Waals surface area (Å²) < 4.78 is 38.1. The van der Waals surface area contributed by atoms with Crippen molar-refractivity contribution >= 4 is 33.2 Å². The fourth-order valence-corrected chi connectivity index (χ4v) is 3.73. The van der Waals surface area contributed by atoms with Gasteiger partial charge in [-0.3, -0.25) is 14.3 Å². The molecule has 0 spiro atoms. The predicted molar refractivity (Wildman–Crippen MR) is 119 cm³/mol. The zero-order valence-corrected chi connectivity index (χ0v) is 17.9. The van der Waals surface area contributed by atoms with Crippen molar-refractivity contribution in [2.75, 3.05) is 23.8 Å². The summed E-state index contributed by atoms with van der Waals surface area (Å²) in [6.45, 7) is -0.286. The number of anilines is 2. The van der Waals surface area contributed by atoms with Crippen molar-refractivity contribution in [1.29, 1.82) is 0 Å². The number of carbonyl (C=O) groups is 2. The fraction of sp³-hybridized carbons (Fsp3) is 0.0909. The summed E-state index contributed by atoms with van der Waals surface area (Å²) in [7, 11) is -2.32. The molecule has 2 amide bonds. The summed E-state index contributed by atoms with van der Waals surface area (Å²) in [5.74, 6) is -0.135. The second-order valence-electron chi connectivity index (χ2n) is 6.59. The minimum atomic E-state index is -3.81. The molecule has 0 radical (unpaired) electrons. The summed E-state index contributed by atoms with van der Waals surface area (Å²) in [5.41, 5.74) is 6.35. The Morgan fingerprint density at radius 3 is 2.22 bits per heavy atom. The average molecular weight is 455 g/mol. The minimum absolute atomic E-state index is 0.0339. The predicted octanol–water partition coefficient (Wildman–Crippen LogP) is 2.61. The van der Waals surface area contributed by atoms with Gasteiger partial charge in [-0.05, 0) is 60.7 Å². The SMILES string of the molecule is COc1cccc(NS(=O)(=O)c2ccc(OCC(=O)Nc3ccc(C(N)=O)cc3)cc2)c1. The first-order valence-corrected chi connectivity index (χ1v) is 10.8. The van der Waals surface area contributed by atoms with Crippen molar-refractivity contribution in [2.24, 2.45) is 5.73 Å². The van der Waals surface area contributed by atoms with Crippen LogP contribution in [0.2, 0.25) is 0 Å². The van der Waals surface area contributed by atoms with Crippen LogP contribution >= 0.6 is 0 Å². The number of ether oxygens (including phenoxy) is 2. The molecule has 0 saturated heterocycles. The molecule has 3 aromatic carbocycles. The van der Waals surface area contributed by atoms with E-state index in [1.54, 1.807) is 36.4 Å². The van der Waals surface area contributed by atoms with Gasteiger partial charge in [0.25, 0.3) is 15.9 Å². The van der Waals surface area contributed by atoms with Gasteiger partial charge in [0, 0.05) is 17.3 Å². The molecule has 0 bridgehead atoms. The maximum atomic E-state index is 12.6. The molecule has 0 heterocycles. The second-order valence-corrected chi connectivity index (χ2v) is 8.27. The third-order valence-electron chi connectivity index (χ3n) is 4.28. The molecule has 0 saturated carbocycles. The highest BCUT2D eigenvalue weighted by Gasteiger charge is 2.15. The van der Waals surface area contributed by atoms with E-state index in [9.17, 15) is 18.0 Å². The molecule has 4 N–H and O–H groups in total. The zero-order valence-electron chi connectivity index (χ0n) is 17.1. The Morgan fingerprint density at radius 2 is 1.59 bits per heavy atom. The highest BCUT2D eigenvalue weighted by molar-refractivity contribution is 7.92. The lowest BCUT2D eigenvalue weighted by Crippen LogP contribution is -2.20. The molecular formula is C22H21N3O6S. The number of benzene rings is 3. The molecule has 3 aromatic rings. The van der Waals surface area contributed by atoms with E-state index in [0.29, 0.717) is 28.4 Å². The van der Waals surface area contributed by atoms with Crippen LogP contribution in [0.15, 0.2) is 77.7 Å². The largest absolute Gasteiger partial charge is 0.497 e. The van der Waals surface area contributed by atoms with Crippen LogP contribution in [0, 0.1) is 0 Å². The van der Waals surface area contributed by atoms with Crippen LogP contribution < -0.4 is 25.2 Å². The standard InChI is InChI=1S/C22H21N3O6S/c1-30-19-4-2-3-17(13-19)25-32(28,29)20-11-9-18(10-12-20)31-14-21(26)24-16-7-5-15(6-8-16)22(23)27/h2-13,25H,14H2,1H3,(H2,23,27)(H,24,26). The topological polar surface area (TPSA) is 137 Å². The quantitative estimate of drug-likeness (QED) is 0.454. The van der Waals surface area contributed by atoms with E-state index in [1.165, 1.54) is 43.5 Å². The van der Waals surface area contributed by atoms with Gasteiger partial charge in [0.1, 0.15) is 11.5 Å². The zero-order chi connectivity index (χ0) is 23.1. The van der Waals surface area contributed by atoms with Crippen LogP contribution in [0.5, 0.6) is 11.5 Å². The molecule has 0 aliphatic heterocycles. The number of primary amides is 1. The minimum Gasteiger partial charge on any atom is -0.497 e. The smallest absolute Gasteiger partial charge is 0.262 e. The Hall–Kier alpha value is -4.05. The van der Waals surface area contributed by atoms with Crippen molar-refractivity contribution in [3.05, 3.63) is 78.4 Å². The van der Waals surface area contributed by atoms with E-state index in [-0.39, 0.29) is 11.5 Å². The van der Waals surface area contributed by atoms with E-state index in [2.05, 4.69) is 10.0 Å². The number of amides is 2. The maximum Gasteiger partial charge on any atom is 0.262 e. The lowest BCUT2D eigenvalue weighted by atomic mass is 10.2. The number of rotatable bonds is 9. The lowest BCUT2D eigenvalue weighted by Gasteiger charge is -2.11. The molecule has 0 atom stereocenters.